The first-order valence-electron chi connectivity index (χ1n) is 5.61. The van der Waals surface area contributed by atoms with Gasteiger partial charge in [0, 0.05) is 6.20 Å². The Morgan fingerprint density at radius 1 is 1.50 bits per heavy atom. The first-order valence-corrected chi connectivity index (χ1v) is 6.14. The van der Waals surface area contributed by atoms with Crippen molar-refractivity contribution in [1.82, 2.24) is 9.78 Å². The van der Waals surface area contributed by atoms with Crippen LogP contribution in [-0.4, -0.2) is 21.6 Å². The molecule has 94 valence electrons. The Balaban J connectivity index is 2.04. The molecule has 0 saturated carbocycles. The van der Waals surface area contributed by atoms with Crippen LogP contribution in [0.3, 0.4) is 0 Å². The van der Waals surface area contributed by atoms with Gasteiger partial charge in [0.25, 0.3) is 0 Å². The van der Waals surface area contributed by atoms with E-state index in [0.717, 1.165) is 0 Å². The number of carbonyl (C=O) groups excluding carboxylic acids is 1. The summed E-state index contributed by atoms with van der Waals surface area (Å²) in [5, 5.41) is 6.84. The summed E-state index contributed by atoms with van der Waals surface area (Å²) in [6, 6.07) is 8.23. The van der Waals surface area contributed by atoms with Crippen LogP contribution in [0.15, 0.2) is 36.7 Å². The molecule has 0 unspecified atom stereocenters. The smallest absolute Gasteiger partial charge is 0.239 e. The van der Waals surface area contributed by atoms with E-state index in [4.69, 9.17) is 11.6 Å². The first-order chi connectivity index (χ1) is 8.67. The quantitative estimate of drug-likeness (QED) is 0.861. The van der Waals surface area contributed by atoms with Gasteiger partial charge in [-0.05, 0) is 12.5 Å². The van der Waals surface area contributed by atoms with Crippen molar-refractivity contribution in [2.45, 2.75) is 13.5 Å². The number of rotatable bonds is 4. The van der Waals surface area contributed by atoms with Crippen LogP contribution in [0.25, 0.3) is 0 Å². The van der Waals surface area contributed by atoms with Crippen LogP contribution >= 0.6 is 11.6 Å². The normalized spacial score (nSPS) is 10.3. The summed E-state index contributed by atoms with van der Waals surface area (Å²) in [5.74, 6) is -0.282. The van der Waals surface area contributed by atoms with Gasteiger partial charge in [-0.3, -0.25) is 9.48 Å². The molecule has 0 aliphatic heterocycles. The zero-order valence-electron chi connectivity index (χ0n) is 10.1. The van der Waals surface area contributed by atoms with E-state index in [-0.39, 0.29) is 11.8 Å². The van der Waals surface area contributed by atoms with Gasteiger partial charge in [0.1, 0.15) is 5.88 Å². The summed E-state index contributed by atoms with van der Waals surface area (Å²) in [6.45, 7) is 2.73. The monoisotopic (exact) mass is 263 g/mol. The van der Waals surface area contributed by atoms with Gasteiger partial charge in [-0.15, -0.1) is 11.6 Å². The van der Waals surface area contributed by atoms with Crippen molar-refractivity contribution in [3.63, 3.8) is 0 Å². The van der Waals surface area contributed by atoms with E-state index >= 15 is 0 Å². The maximum Gasteiger partial charge on any atom is 0.239 e. The number of aryl methyl sites for hydroxylation is 1. The number of anilines is 1. The van der Waals surface area contributed by atoms with Gasteiger partial charge in [-0.25, -0.2) is 0 Å². The van der Waals surface area contributed by atoms with Gasteiger partial charge in [0.15, 0.2) is 0 Å². The third-order valence-corrected chi connectivity index (χ3v) is 2.71. The SMILES string of the molecule is Cc1cccc(Cn2cc(NC(=O)CCl)cn2)c1. The lowest BCUT2D eigenvalue weighted by Gasteiger charge is -2.02. The molecule has 0 fully saturated rings. The number of aromatic nitrogens is 2. The van der Waals surface area contributed by atoms with Crippen LogP contribution in [0.5, 0.6) is 0 Å². The van der Waals surface area contributed by atoms with Crippen LogP contribution in [0.2, 0.25) is 0 Å². The largest absolute Gasteiger partial charge is 0.322 e. The van der Waals surface area contributed by atoms with Crippen LogP contribution in [-0.2, 0) is 11.3 Å². The topological polar surface area (TPSA) is 46.9 Å². The molecule has 0 spiro atoms. The van der Waals surface area contributed by atoms with Gasteiger partial charge in [0.2, 0.25) is 5.91 Å². The number of nitrogens with zero attached hydrogens (tertiary/aromatic N) is 2. The van der Waals surface area contributed by atoms with E-state index < -0.39 is 0 Å². The van der Waals surface area contributed by atoms with Crippen molar-refractivity contribution in [1.29, 1.82) is 0 Å². The Hall–Kier alpha value is -1.81. The molecule has 1 heterocycles. The van der Waals surface area contributed by atoms with Crippen LogP contribution in [0, 0.1) is 6.92 Å². The fourth-order valence-electron chi connectivity index (χ4n) is 1.71. The molecule has 1 aromatic heterocycles. The van der Waals surface area contributed by atoms with Gasteiger partial charge in [0.05, 0.1) is 18.4 Å². The summed E-state index contributed by atoms with van der Waals surface area (Å²) < 4.78 is 1.78. The summed E-state index contributed by atoms with van der Waals surface area (Å²) in [6.07, 6.45) is 3.40. The molecule has 0 radical (unpaired) electrons. The molecule has 0 aliphatic carbocycles. The number of carbonyl (C=O) groups is 1. The number of alkyl halides is 1. The highest BCUT2D eigenvalue weighted by atomic mass is 35.5. The number of nitrogens with one attached hydrogen (secondary N) is 1. The maximum absolute atomic E-state index is 11.1. The number of hydrogen-bond donors (Lipinski definition) is 1. The number of amides is 1. The van der Waals surface area contributed by atoms with Crippen molar-refractivity contribution in [2.75, 3.05) is 11.2 Å². The Labute approximate surface area is 111 Å². The highest BCUT2D eigenvalue weighted by molar-refractivity contribution is 6.29. The summed E-state index contributed by atoms with van der Waals surface area (Å²) in [7, 11) is 0. The Bertz CT molecular complexity index is 551. The maximum atomic E-state index is 11.1. The molecule has 1 N–H and O–H groups in total. The molecule has 0 aliphatic rings. The average molecular weight is 264 g/mol. The van der Waals surface area contributed by atoms with Crippen molar-refractivity contribution >= 4 is 23.2 Å². The Morgan fingerprint density at radius 2 is 2.33 bits per heavy atom. The molecular formula is C13H14ClN3O. The fraction of sp³-hybridized carbons (Fsp3) is 0.231. The summed E-state index contributed by atoms with van der Waals surface area (Å²) in [4.78, 5) is 11.1. The lowest BCUT2D eigenvalue weighted by Crippen LogP contribution is -2.11. The minimum Gasteiger partial charge on any atom is -0.322 e. The molecule has 1 amide bonds. The molecule has 0 bridgehead atoms. The second kappa shape index (κ2) is 5.69. The molecule has 2 rings (SSSR count). The van der Waals surface area contributed by atoms with E-state index in [2.05, 4.69) is 29.5 Å². The number of hydrogen-bond acceptors (Lipinski definition) is 2. The third-order valence-electron chi connectivity index (χ3n) is 2.47. The van der Waals surface area contributed by atoms with Gasteiger partial charge >= 0.3 is 0 Å². The van der Waals surface area contributed by atoms with Crippen molar-refractivity contribution in [3.05, 3.63) is 47.8 Å². The lowest BCUT2D eigenvalue weighted by atomic mass is 10.1. The van der Waals surface area contributed by atoms with Gasteiger partial charge in [-0.2, -0.15) is 5.10 Å². The van der Waals surface area contributed by atoms with E-state index in [1.165, 1.54) is 11.1 Å². The third kappa shape index (κ3) is 3.34. The fourth-order valence-corrected chi connectivity index (χ4v) is 1.77. The number of benzene rings is 1. The predicted molar refractivity (Wildman–Crippen MR) is 71.9 cm³/mol. The summed E-state index contributed by atoms with van der Waals surface area (Å²) in [5.41, 5.74) is 3.05. The Morgan fingerprint density at radius 3 is 3.06 bits per heavy atom. The molecule has 2 aromatic rings. The minimum absolute atomic E-state index is 0.0525. The van der Waals surface area contributed by atoms with E-state index in [0.29, 0.717) is 12.2 Å². The highest BCUT2D eigenvalue weighted by Crippen LogP contribution is 2.09. The molecule has 18 heavy (non-hydrogen) atoms. The minimum atomic E-state index is -0.230. The van der Waals surface area contributed by atoms with Crippen LogP contribution in [0.4, 0.5) is 5.69 Å². The van der Waals surface area contributed by atoms with E-state index in [9.17, 15) is 4.79 Å². The molecule has 4 nitrogen and oxygen atoms in total. The van der Waals surface area contributed by atoms with E-state index in [1.807, 2.05) is 12.1 Å². The second-order valence-corrected chi connectivity index (χ2v) is 4.36. The molecule has 0 saturated heterocycles. The lowest BCUT2D eigenvalue weighted by molar-refractivity contribution is -0.113. The van der Waals surface area contributed by atoms with Crippen molar-refractivity contribution in [2.24, 2.45) is 0 Å². The zero-order valence-corrected chi connectivity index (χ0v) is 10.8. The van der Waals surface area contributed by atoms with Gasteiger partial charge < -0.3 is 5.32 Å². The standard InChI is InChI=1S/C13H14ClN3O/c1-10-3-2-4-11(5-10)8-17-9-12(7-15-17)16-13(18)6-14/h2-5,7,9H,6,8H2,1H3,(H,16,18). The van der Waals surface area contributed by atoms with Crippen LogP contribution < -0.4 is 5.32 Å². The Kier molecular flexibility index (Phi) is 3.99. The predicted octanol–water partition coefficient (Wildman–Crippen LogP) is 2.42. The number of halogens is 1. The molecule has 0 atom stereocenters. The van der Waals surface area contributed by atoms with E-state index in [1.54, 1.807) is 17.1 Å². The van der Waals surface area contributed by atoms with Crippen molar-refractivity contribution < 1.29 is 4.79 Å². The molecule has 1 aromatic carbocycles. The zero-order chi connectivity index (χ0) is 13.0. The summed E-state index contributed by atoms with van der Waals surface area (Å²) >= 11 is 5.42. The second-order valence-electron chi connectivity index (χ2n) is 4.10. The van der Waals surface area contributed by atoms with Gasteiger partial charge in [-0.1, -0.05) is 29.8 Å². The average Bonchev–Trinajstić information content (AvgIpc) is 2.76. The highest BCUT2D eigenvalue weighted by Gasteiger charge is 2.03. The first kappa shape index (κ1) is 12.6. The van der Waals surface area contributed by atoms with Crippen LogP contribution in [0.1, 0.15) is 11.1 Å². The molecular weight excluding hydrogens is 250 g/mol. The molecule has 5 heteroatoms. The van der Waals surface area contributed by atoms with Crippen molar-refractivity contribution in [3.8, 4) is 0 Å².